The number of rotatable bonds is 8. The van der Waals surface area contributed by atoms with Crippen molar-refractivity contribution in [2.75, 3.05) is 20.1 Å². The summed E-state index contributed by atoms with van der Waals surface area (Å²) in [6.07, 6.45) is 4.59. The van der Waals surface area contributed by atoms with Crippen LogP contribution in [0.2, 0.25) is 0 Å². The average molecular weight is 273 g/mol. The monoisotopic (exact) mass is 273 g/mol. The predicted molar refractivity (Wildman–Crippen MR) is 80.4 cm³/mol. The van der Waals surface area contributed by atoms with Crippen LogP contribution in [0.15, 0.2) is 41.1 Å². The van der Waals surface area contributed by atoms with Crippen molar-refractivity contribution in [1.29, 1.82) is 0 Å². The summed E-state index contributed by atoms with van der Waals surface area (Å²) in [4.78, 5) is 6.65. The summed E-state index contributed by atoms with van der Waals surface area (Å²) in [7, 11) is 2.13. The second kappa shape index (κ2) is 7.82. The minimum atomic E-state index is 0.799. The van der Waals surface area contributed by atoms with Crippen molar-refractivity contribution in [2.24, 2.45) is 0 Å². The third kappa shape index (κ3) is 4.47. The Labute approximate surface area is 120 Å². The van der Waals surface area contributed by atoms with E-state index in [2.05, 4.69) is 41.3 Å². The number of hydrogen-bond acceptors (Lipinski definition) is 4. The number of pyridine rings is 1. The van der Waals surface area contributed by atoms with Gasteiger partial charge in [0.1, 0.15) is 5.76 Å². The zero-order chi connectivity index (χ0) is 14.2. The van der Waals surface area contributed by atoms with Gasteiger partial charge >= 0.3 is 0 Å². The molecule has 0 unspecified atom stereocenters. The zero-order valence-electron chi connectivity index (χ0n) is 12.3. The van der Waals surface area contributed by atoms with Crippen molar-refractivity contribution < 1.29 is 4.42 Å². The molecular formula is C16H23N3O. The van der Waals surface area contributed by atoms with Crippen LogP contribution in [-0.2, 0) is 19.5 Å². The molecule has 0 aliphatic heterocycles. The van der Waals surface area contributed by atoms with Crippen molar-refractivity contribution in [3.63, 3.8) is 0 Å². The number of hydrogen-bond donors (Lipinski definition) is 1. The summed E-state index contributed by atoms with van der Waals surface area (Å²) in [6, 6.07) is 8.12. The van der Waals surface area contributed by atoms with Crippen molar-refractivity contribution in [2.45, 2.75) is 26.4 Å². The van der Waals surface area contributed by atoms with Crippen LogP contribution in [0.5, 0.6) is 0 Å². The molecule has 4 heteroatoms. The Hall–Kier alpha value is -1.65. The molecule has 2 aromatic rings. The Kier molecular flexibility index (Phi) is 5.77. The van der Waals surface area contributed by atoms with Gasteiger partial charge in [-0.2, -0.15) is 0 Å². The van der Waals surface area contributed by atoms with Gasteiger partial charge in [0.25, 0.3) is 0 Å². The summed E-state index contributed by atoms with van der Waals surface area (Å²) in [6.45, 7) is 5.75. The van der Waals surface area contributed by atoms with E-state index < -0.39 is 0 Å². The highest BCUT2D eigenvalue weighted by molar-refractivity contribution is 5.16. The van der Waals surface area contributed by atoms with E-state index in [4.69, 9.17) is 4.42 Å². The summed E-state index contributed by atoms with van der Waals surface area (Å²) < 4.78 is 5.53. The largest absolute Gasteiger partial charge is 0.468 e. The Morgan fingerprint density at radius 3 is 2.95 bits per heavy atom. The fourth-order valence-corrected chi connectivity index (χ4v) is 2.12. The van der Waals surface area contributed by atoms with E-state index in [1.807, 2.05) is 18.3 Å². The normalized spacial score (nSPS) is 11.2. The molecule has 0 atom stereocenters. The molecular weight excluding hydrogens is 250 g/mol. The molecule has 2 heterocycles. The summed E-state index contributed by atoms with van der Waals surface area (Å²) >= 11 is 0. The maximum Gasteiger partial charge on any atom is 0.122 e. The summed E-state index contributed by atoms with van der Waals surface area (Å²) in [5.41, 5.74) is 2.40. The van der Waals surface area contributed by atoms with Gasteiger partial charge in [-0.3, -0.25) is 4.98 Å². The molecule has 0 aliphatic rings. The molecule has 0 amide bonds. The Bertz CT molecular complexity index is 495. The van der Waals surface area contributed by atoms with Gasteiger partial charge in [0.15, 0.2) is 0 Å². The molecule has 20 heavy (non-hydrogen) atoms. The molecule has 0 radical (unpaired) electrons. The van der Waals surface area contributed by atoms with Crippen LogP contribution in [0.1, 0.15) is 23.9 Å². The van der Waals surface area contributed by atoms with E-state index in [0.717, 1.165) is 44.1 Å². The first-order valence-corrected chi connectivity index (χ1v) is 7.14. The third-order valence-electron chi connectivity index (χ3n) is 3.29. The Balaban J connectivity index is 1.82. The Morgan fingerprint density at radius 1 is 1.30 bits per heavy atom. The van der Waals surface area contributed by atoms with E-state index in [1.165, 1.54) is 5.56 Å². The second-order valence-electron chi connectivity index (χ2n) is 4.96. The maximum atomic E-state index is 5.53. The van der Waals surface area contributed by atoms with Gasteiger partial charge in [0.05, 0.1) is 12.8 Å². The van der Waals surface area contributed by atoms with E-state index in [1.54, 1.807) is 6.26 Å². The number of likely N-dealkylation sites (N-methyl/N-ethyl adjacent to an activating group) is 1. The smallest absolute Gasteiger partial charge is 0.122 e. The fourth-order valence-electron chi connectivity index (χ4n) is 2.12. The molecule has 0 saturated heterocycles. The van der Waals surface area contributed by atoms with E-state index in [-0.39, 0.29) is 0 Å². The first-order chi connectivity index (χ1) is 9.79. The lowest BCUT2D eigenvalue weighted by molar-refractivity contribution is 0.325. The number of furan rings is 1. The Morgan fingerprint density at radius 2 is 2.20 bits per heavy atom. The topological polar surface area (TPSA) is 41.3 Å². The predicted octanol–water partition coefficient (Wildman–Crippen LogP) is 2.46. The molecule has 0 fully saturated rings. The molecule has 0 aromatic carbocycles. The lowest BCUT2D eigenvalue weighted by atomic mass is 10.2. The van der Waals surface area contributed by atoms with Gasteiger partial charge in [-0.15, -0.1) is 0 Å². The van der Waals surface area contributed by atoms with Crippen molar-refractivity contribution in [3.05, 3.63) is 53.7 Å². The quantitative estimate of drug-likeness (QED) is 0.802. The highest BCUT2D eigenvalue weighted by Crippen LogP contribution is 2.12. The number of nitrogens with zero attached hydrogens (tertiary/aromatic N) is 2. The first-order valence-electron chi connectivity index (χ1n) is 7.14. The molecule has 0 saturated carbocycles. The van der Waals surface area contributed by atoms with Crippen LogP contribution >= 0.6 is 0 Å². The lowest BCUT2D eigenvalue weighted by Gasteiger charge is -2.16. The van der Waals surface area contributed by atoms with Gasteiger partial charge < -0.3 is 14.6 Å². The zero-order valence-corrected chi connectivity index (χ0v) is 12.3. The highest BCUT2D eigenvalue weighted by Gasteiger charge is 2.08. The van der Waals surface area contributed by atoms with Crippen molar-refractivity contribution in [1.82, 2.24) is 15.2 Å². The molecule has 2 aromatic heterocycles. The molecule has 0 bridgehead atoms. The SMILES string of the molecule is CCNCc1occc1CN(C)CCc1ccccn1. The van der Waals surface area contributed by atoms with Gasteiger partial charge in [-0.1, -0.05) is 13.0 Å². The highest BCUT2D eigenvalue weighted by atomic mass is 16.3. The van der Waals surface area contributed by atoms with E-state index >= 15 is 0 Å². The van der Waals surface area contributed by atoms with Crippen LogP contribution in [-0.4, -0.2) is 30.0 Å². The minimum Gasteiger partial charge on any atom is -0.468 e. The van der Waals surface area contributed by atoms with Crippen LogP contribution < -0.4 is 5.32 Å². The maximum absolute atomic E-state index is 5.53. The van der Waals surface area contributed by atoms with Gasteiger partial charge in [-0.05, 0) is 31.8 Å². The number of nitrogens with one attached hydrogen (secondary N) is 1. The molecule has 108 valence electrons. The molecule has 2 rings (SSSR count). The van der Waals surface area contributed by atoms with Crippen molar-refractivity contribution >= 4 is 0 Å². The third-order valence-corrected chi connectivity index (χ3v) is 3.29. The van der Waals surface area contributed by atoms with Crippen LogP contribution in [0.4, 0.5) is 0 Å². The summed E-state index contributed by atoms with van der Waals surface area (Å²) in [5, 5.41) is 3.30. The summed E-state index contributed by atoms with van der Waals surface area (Å²) in [5.74, 6) is 1.04. The van der Waals surface area contributed by atoms with Crippen molar-refractivity contribution in [3.8, 4) is 0 Å². The standard InChI is InChI=1S/C16H23N3O/c1-3-17-12-16-14(8-11-20-16)13-19(2)10-7-15-6-4-5-9-18-15/h4-6,8-9,11,17H,3,7,10,12-13H2,1-2H3. The first kappa shape index (κ1) is 14.8. The van der Waals surface area contributed by atoms with Crippen LogP contribution in [0, 0.1) is 0 Å². The molecule has 0 aliphatic carbocycles. The fraction of sp³-hybridized carbons (Fsp3) is 0.438. The van der Waals surface area contributed by atoms with E-state index in [9.17, 15) is 0 Å². The average Bonchev–Trinajstić information content (AvgIpc) is 2.91. The molecule has 1 N–H and O–H groups in total. The minimum absolute atomic E-state index is 0.799. The molecule has 0 spiro atoms. The van der Waals surface area contributed by atoms with Crippen LogP contribution in [0.25, 0.3) is 0 Å². The second-order valence-corrected chi connectivity index (χ2v) is 4.96. The lowest BCUT2D eigenvalue weighted by Crippen LogP contribution is -2.22. The molecule has 4 nitrogen and oxygen atoms in total. The van der Waals surface area contributed by atoms with Gasteiger partial charge in [0, 0.05) is 37.0 Å². The van der Waals surface area contributed by atoms with Gasteiger partial charge in [-0.25, -0.2) is 0 Å². The van der Waals surface area contributed by atoms with Gasteiger partial charge in [0.2, 0.25) is 0 Å². The number of aromatic nitrogens is 1. The van der Waals surface area contributed by atoms with E-state index in [0.29, 0.717) is 0 Å². The van der Waals surface area contributed by atoms with Crippen LogP contribution in [0.3, 0.4) is 0 Å².